The average molecular weight is 566 g/mol. The number of amides is 1. The van der Waals surface area contributed by atoms with Crippen LogP contribution in [-0.4, -0.2) is 37.4 Å². The van der Waals surface area contributed by atoms with E-state index < -0.39 is 70.2 Å². The van der Waals surface area contributed by atoms with Crippen LogP contribution in [0.3, 0.4) is 0 Å². The van der Waals surface area contributed by atoms with Crippen LogP contribution in [0.25, 0.3) is 0 Å². The fourth-order valence-corrected chi connectivity index (χ4v) is 3.08. The summed E-state index contributed by atoms with van der Waals surface area (Å²) in [5, 5.41) is 2.14. The zero-order chi connectivity index (χ0) is 29.1. The number of carbonyl (C=O) groups is 2. The Hall–Kier alpha value is -4.63. The average Bonchev–Trinajstić information content (AvgIpc) is 2.84. The largest absolute Gasteiger partial charge is 0.573 e. The van der Waals surface area contributed by atoms with Gasteiger partial charge >= 0.3 is 18.5 Å². The van der Waals surface area contributed by atoms with E-state index in [9.17, 15) is 44.7 Å². The normalized spacial score (nSPS) is 11.5. The molecule has 1 amide bonds. The van der Waals surface area contributed by atoms with Crippen LogP contribution in [0.15, 0.2) is 42.6 Å². The van der Waals surface area contributed by atoms with Gasteiger partial charge in [0, 0.05) is 11.9 Å². The molecule has 3 aromatic rings. The summed E-state index contributed by atoms with van der Waals surface area (Å²) in [7, 11) is 1.85. The third-order valence-electron chi connectivity index (χ3n) is 4.70. The summed E-state index contributed by atoms with van der Waals surface area (Å²) in [6.07, 6.45) is -9.36. The smallest absolute Gasteiger partial charge is 0.490 e. The molecule has 0 unspecified atom stereocenters. The van der Waals surface area contributed by atoms with Crippen molar-refractivity contribution in [3.05, 3.63) is 71.1 Å². The topological polar surface area (TPSA) is 96.0 Å². The van der Waals surface area contributed by atoms with Crippen molar-refractivity contribution in [2.75, 3.05) is 19.5 Å². The first-order valence-electron chi connectivity index (χ1n) is 10.2. The van der Waals surface area contributed by atoms with Crippen molar-refractivity contribution >= 4 is 17.6 Å². The molecule has 0 saturated carbocycles. The molecule has 0 fully saturated rings. The van der Waals surface area contributed by atoms with Crippen LogP contribution in [0, 0.1) is 11.6 Å². The summed E-state index contributed by atoms with van der Waals surface area (Å²) >= 11 is 0. The number of esters is 1. The Balaban J connectivity index is 2.09. The molecule has 0 aliphatic rings. The number of aromatic nitrogens is 1. The van der Waals surface area contributed by atoms with Gasteiger partial charge in [0.2, 0.25) is 11.6 Å². The van der Waals surface area contributed by atoms with Crippen LogP contribution in [0.5, 0.6) is 23.0 Å². The molecule has 208 valence electrons. The first kappa shape index (κ1) is 28.9. The van der Waals surface area contributed by atoms with Crippen LogP contribution in [0.1, 0.15) is 26.4 Å². The predicted molar refractivity (Wildman–Crippen MR) is 115 cm³/mol. The van der Waals surface area contributed by atoms with Gasteiger partial charge in [-0.15, -0.1) is 13.2 Å². The maximum atomic E-state index is 14.9. The van der Waals surface area contributed by atoms with E-state index in [4.69, 9.17) is 4.74 Å². The van der Waals surface area contributed by atoms with Gasteiger partial charge in [0.25, 0.3) is 5.91 Å². The maximum absolute atomic E-state index is 14.9. The number of methoxy groups -OCH3 is 2. The van der Waals surface area contributed by atoms with Gasteiger partial charge in [0.1, 0.15) is 22.8 Å². The number of nitrogens with zero attached hydrogens (tertiary/aromatic N) is 1. The van der Waals surface area contributed by atoms with E-state index in [1.165, 1.54) is 0 Å². The van der Waals surface area contributed by atoms with E-state index in [1.54, 1.807) is 0 Å². The van der Waals surface area contributed by atoms with E-state index in [-0.39, 0.29) is 23.5 Å². The van der Waals surface area contributed by atoms with Gasteiger partial charge in [0.15, 0.2) is 11.5 Å². The highest BCUT2D eigenvalue weighted by atomic mass is 19.4. The summed E-state index contributed by atoms with van der Waals surface area (Å²) in [6, 6.07) is 3.44. The first-order valence-corrected chi connectivity index (χ1v) is 10.2. The number of benzene rings is 2. The van der Waals surface area contributed by atoms with E-state index in [0.717, 1.165) is 32.5 Å². The van der Waals surface area contributed by atoms with Gasteiger partial charge in [-0.2, -0.15) is 17.6 Å². The zero-order valence-corrected chi connectivity index (χ0v) is 19.5. The molecule has 0 aliphatic heterocycles. The van der Waals surface area contributed by atoms with Crippen LogP contribution < -0.4 is 19.5 Å². The SMILES string of the molecule is COC(=O)c1cc(NC(=O)c2c(F)cc(C(F)(F)F)cc2Oc2ccc(OC(F)(F)F)c(F)c2OC)ccn1. The van der Waals surface area contributed by atoms with E-state index in [0.29, 0.717) is 12.1 Å². The highest BCUT2D eigenvalue weighted by Crippen LogP contribution is 2.42. The van der Waals surface area contributed by atoms with Crippen LogP contribution >= 0.6 is 0 Å². The van der Waals surface area contributed by atoms with E-state index >= 15 is 0 Å². The molecule has 0 saturated heterocycles. The minimum atomic E-state index is -5.30. The van der Waals surface area contributed by atoms with Crippen molar-refractivity contribution in [2.24, 2.45) is 0 Å². The molecule has 39 heavy (non-hydrogen) atoms. The third kappa shape index (κ3) is 6.82. The molecule has 3 rings (SSSR count). The Morgan fingerprint density at radius 3 is 2.15 bits per heavy atom. The lowest BCUT2D eigenvalue weighted by Crippen LogP contribution is -2.18. The number of ether oxygens (including phenoxy) is 4. The second-order valence-electron chi connectivity index (χ2n) is 7.26. The van der Waals surface area contributed by atoms with Crippen molar-refractivity contribution in [3.8, 4) is 23.0 Å². The lowest BCUT2D eigenvalue weighted by Gasteiger charge is -2.18. The molecule has 1 N–H and O–H groups in total. The summed E-state index contributed by atoms with van der Waals surface area (Å²) in [5.74, 6) is -10.1. The summed E-state index contributed by atoms with van der Waals surface area (Å²) in [6.45, 7) is 0. The Kier molecular flexibility index (Phi) is 8.16. The molecule has 8 nitrogen and oxygen atoms in total. The molecule has 16 heteroatoms. The van der Waals surface area contributed by atoms with Gasteiger partial charge in [-0.25, -0.2) is 14.2 Å². The second kappa shape index (κ2) is 11.0. The molecule has 1 heterocycles. The first-order chi connectivity index (χ1) is 18.1. The van der Waals surface area contributed by atoms with Crippen molar-refractivity contribution in [2.45, 2.75) is 12.5 Å². The zero-order valence-electron chi connectivity index (χ0n) is 19.5. The van der Waals surface area contributed by atoms with Gasteiger partial charge in [0.05, 0.1) is 19.8 Å². The minimum absolute atomic E-state index is 0.00765. The molecule has 0 spiro atoms. The number of carbonyl (C=O) groups excluding carboxylic acids is 2. The van der Waals surface area contributed by atoms with Crippen molar-refractivity contribution in [3.63, 3.8) is 0 Å². The molecule has 0 atom stereocenters. The lowest BCUT2D eigenvalue weighted by atomic mass is 10.1. The molecule has 0 radical (unpaired) electrons. The Labute approximate surface area is 213 Å². The van der Waals surface area contributed by atoms with Crippen LogP contribution in [0.4, 0.5) is 40.8 Å². The lowest BCUT2D eigenvalue weighted by molar-refractivity contribution is -0.275. The highest BCUT2D eigenvalue weighted by molar-refractivity contribution is 6.07. The Morgan fingerprint density at radius 2 is 1.56 bits per heavy atom. The minimum Gasteiger partial charge on any atom is -0.490 e. The molecule has 2 aromatic carbocycles. The number of halogens is 8. The van der Waals surface area contributed by atoms with Crippen LogP contribution in [0.2, 0.25) is 0 Å². The highest BCUT2D eigenvalue weighted by Gasteiger charge is 2.36. The fourth-order valence-electron chi connectivity index (χ4n) is 3.08. The number of nitrogens with one attached hydrogen (secondary N) is 1. The number of alkyl halides is 6. The molecular formula is C23H14F8N2O6. The van der Waals surface area contributed by atoms with Crippen molar-refractivity contribution in [1.29, 1.82) is 0 Å². The van der Waals surface area contributed by atoms with Crippen molar-refractivity contribution < 1.29 is 63.7 Å². The monoisotopic (exact) mass is 566 g/mol. The van der Waals surface area contributed by atoms with Gasteiger partial charge in [-0.05, 0) is 36.4 Å². The second-order valence-corrected chi connectivity index (χ2v) is 7.26. The Morgan fingerprint density at radius 1 is 0.897 bits per heavy atom. The summed E-state index contributed by atoms with van der Waals surface area (Å²) < 4.78 is 125. The van der Waals surface area contributed by atoms with Crippen LogP contribution in [-0.2, 0) is 10.9 Å². The fraction of sp³-hybridized carbons (Fsp3) is 0.174. The van der Waals surface area contributed by atoms with E-state index in [1.807, 2.05) is 0 Å². The van der Waals surface area contributed by atoms with Crippen molar-refractivity contribution in [1.82, 2.24) is 4.98 Å². The maximum Gasteiger partial charge on any atom is 0.573 e. The summed E-state index contributed by atoms with van der Waals surface area (Å²) in [4.78, 5) is 28.2. The molecule has 0 bridgehead atoms. The van der Waals surface area contributed by atoms with Gasteiger partial charge < -0.3 is 24.3 Å². The van der Waals surface area contributed by atoms with Gasteiger partial charge in [-0.3, -0.25) is 4.79 Å². The number of rotatable bonds is 7. The standard InChI is InChI=1S/C23H14F8N2O6/c1-36-19-15(4-3-14(18(19)25)39-23(29,30)31)38-16-8-10(22(26,27)28)7-12(24)17(16)20(34)33-11-5-6-32-13(9-11)21(35)37-2/h3-9H,1-2H3,(H,32,33,34). The molecule has 0 aliphatic carbocycles. The van der Waals surface area contributed by atoms with Gasteiger partial charge in [-0.1, -0.05) is 0 Å². The quantitative estimate of drug-likeness (QED) is 0.272. The number of hydrogen-bond acceptors (Lipinski definition) is 7. The predicted octanol–water partition coefficient (Wildman–Crippen LogP) is 6.12. The molecule has 1 aromatic heterocycles. The number of anilines is 1. The molecular weight excluding hydrogens is 552 g/mol. The number of pyridine rings is 1. The summed E-state index contributed by atoms with van der Waals surface area (Å²) in [5.41, 5.74) is -3.16. The van der Waals surface area contributed by atoms with E-state index in [2.05, 4.69) is 24.5 Å². The third-order valence-corrected chi connectivity index (χ3v) is 4.70. The Bertz CT molecular complexity index is 1410. The number of hydrogen-bond donors (Lipinski definition) is 1.